The lowest BCUT2D eigenvalue weighted by Gasteiger charge is -2.23. The SMILES string of the molecule is NC(=O)c1c([N+](=O)[O-])c2ccc(C(N)=NC3CCC(N)CC3)cc2n1CCS(=O)(=O)c1ccccc1. The Kier molecular flexibility index (Phi) is 7.09. The minimum Gasteiger partial charge on any atom is -0.383 e. The first-order chi connectivity index (χ1) is 17.1. The van der Waals surface area contributed by atoms with Gasteiger partial charge in [0.05, 0.1) is 32.5 Å². The summed E-state index contributed by atoms with van der Waals surface area (Å²) in [4.78, 5) is 28.2. The molecule has 0 unspecified atom stereocenters. The molecule has 1 saturated carbocycles. The Morgan fingerprint density at radius 2 is 1.75 bits per heavy atom. The highest BCUT2D eigenvalue weighted by Gasteiger charge is 2.31. The van der Waals surface area contributed by atoms with Gasteiger partial charge in [0.15, 0.2) is 15.5 Å². The standard InChI is InChI=1S/C24H28N6O5S/c25-16-7-9-17(10-8-16)28-23(26)15-6-11-19-20(14-15)29(22(24(27)31)21(19)30(32)33)12-13-36(34,35)18-4-2-1-3-5-18/h1-6,11,14,16-17H,7-10,12-13,25H2,(H2,26,28)(H2,27,31). The van der Waals surface area contributed by atoms with E-state index in [2.05, 4.69) is 4.99 Å². The maximum atomic E-state index is 12.9. The fraction of sp³-hybridized carbons (Fsp3) is 0.333. The zero-order valence-corrected chi connectivity index (χ0v) is 20.4. The molecule has 1 aromatic heterocycles. The van der Waals surface area contributed by atoms with Crippen molar-refractivity contribution in [2.24, 2.45) is 22.2 Å². The fourth-order valence-electron chi connectivity index (χ4n) is 4.62. The highest BCUT2D eigenvalue weighted by molar-refractivity contribution is 7.91. The largest absolute Gasteiger partial charge is 0.383 e. The molecule has 0 bridgehead atoms. The Labute approximate surface area is 208 Å². The lowest BCUT2D eigenvalue weighted by atomic mass is 9.92. The number of sulfone groups is 1. The van der Waals surface area contributed by atoms with Gasteiger partial charge in [-0.05, 0) is 49.9 Å². The smallest absolute Gasteiger partial charge is 0.307 e. The van der Waals surface area contributed by atoms with Gasteiger partial charge in [-0.15, -0.1) is 0 Å². The number of aromatic nitrogens is 1. The summed E-state index contributed by atoms with van der Waals surface area (Å²) in [5.41, 5.74) is 17.7. The lowest BCUT2D eigenvalue weighted by molar-refractivity contribution is -0.383. The normalized spacial score (nSPS) is 18.9. The van der Waals surface area contributed by atoms with Crippen LogP contribution < -0.4 is 17.2 Å². The number of carbonyl (C=O) groups is 1. The van der Waals surface area contributed by atoms with Crippen LogP contribution in [0.1, 0.15) is 41.7 Å². The number of amidine groups is 1. The van der Waals surface area contributed by atoms with E-state index < -0.39 is 32.1 Å². The van der Waals surface area contributed by atoms with Crippen molar-refractivity contribution in [2.45, 2.75) is 49.2 Å². The van der Waals surface area contributed by atoms with Crippen LogP contribution in [-0.4, -0.2) is 47.5 Å². The van der Waals surface area contributed by atoms with Crippen molar-refractivity contribution in [3.8, 4) is 0 Å². The topological polar surface area (TPSA) is 190 Å². The molecule has 6 N–H and O–H groups in total. The number of aliphatic imine (C=N–C) groups is 1. The van der Waals surface area contributed by atoms with E-state index >= 15 is 0 Å². The summed E-state index contributed by atoms with van der Waals surface area (Å²) in [5, 5.41) is 12.1. The third-order valence-corrected chi connectivity index (χ3v) is 8.21. The molecule has 0 spiro atoms. The maximum absolute atomic E-state index is 12.9. The highest BCUT2D eigenvalue weighted by Crippen LogP contribution is 2.34. The molecule has 0 saturated heterocycles. The van der Waals surface area contributed by atoms with Gasteiger partial charge in [0.25, 0.3) is 5.91 Å². The molecule has 3 aromatic rings. The minimum atomic E-state index is -3.73. The van der Waals surface area contributed by atoms with Gasteiger partial charge in [0.1, 0.15) is 5.84 Å². The number of primary amides is 1. The molecule has 36 heavy (non-hydrogen) atoms. The molecule has 0 aliphatic heterocycles. The van der Waals surface area contributed by atoms with Crippen LogP contribution in [0.2, 0.25) is 0 Å². The third-order valence-electron chi connectivity index (χ3n) is 6.50. The molecule has 1 fully saturated rings. The van der Waals surface area contributed by atoms with Crippen molar-refractivity contribution in [3.05, 3.63) is 69.9 Å². The van der Waals surface area contributed by atoms with Gasteiger partial charge in [0, 0.05) is 18.2 Å². The van der Waals surface area contributed by atoms with E-state index in [-0.39, 0.29) is 46.0 Å². The number of amides is 1. The van der Waals surface area contributed by atoms with Crippen LogP contribution in [0.5, 0.6) is 0 Å². The van der Waals surface area contributed by atoms with Gasteiger partial charge in [-0.1, -0.05) is 24.3 Å². The molecular weight excluding hydrogens is 484 g/mol. The lowest BCUT2D eigenvalue weighted by Crippen LogP contribution is -2.29. The van der Waals surface area contributed by atoms with Crippen LogP contribution in [0.3, 0.4) is 0 Å². The van der Waals surface area contributed by atoms with E-state index in [9.17, 15) is 23.3 Å². The van der Waals surface area contributed by atoms with Crippen molar-refractivity contribution in [3.63, 3.8) is 0 Å². The number of rotatable bonds is 8. The molecule has 1 heterocycles. The number of nitrogens with two attached hydrogens (primary N) is 3. The fourth-order valence-corrected chi connectivity index (χ4v) is 5.85. The summed E-state index contributed by atoms with van der Waals surface area (Å²) in [6, 6.07) is 12.7. The number of nitrogens with zero attached hydrogens (tertiary/aromatic N) is 3. The Morgan fingerprint density at radius 3 is 2.36 bits per heavy atom. The number of benzene rings is 2. The van der Waals surface area contributed by atoms with Crippen molar-refractivity contribution in [1.29, 1.82) is 0 Å². The molecule has 0 atom stereocenters. The monoisotopic (exact) mass is 512 g/mol. The first kappa shape index (κ1) is 25.3. The number of aryl methyl sites for hydroxylation is 1. The summed E-state index contributed by atoms with van der Waals surface area (Å²) in [6.07, 6.45) is 3.34. The second-order valence-electron chi connectivity index (χ2n) is 8.92. The summed E-state index contributed by atoms with van der Waals surface area (Å²) in [6.45, 7) is -0.221. The predicted octanol–water partition coefficient (Wildman–Crippen LogP) is 2.10. The van der Waals surface area contributed by atoms with Crippen LogP contribution in [0.25, 0.3) is 10.9 Å². The molecular formula is C24H28N6O5S. The van der Waals surface area contributed by atoms with Crippen LogP contribution in [0.15, 0.2) is 58.4 Å². The number of nitro groups is 1. The molecule has 2 aromatic carbocycles. The zero-order chi connectivity index (χ0) is 26.0. The van der Waals surface area contributed by atoms with Crippen LogP contribution in [-0.2, 0) is 16.4 Å². The first-order valence-electron chi connectivity index (χ1n) is 11.6. The van der Waals surface area contributed by atoms with E-state index in [1.165, 1.54) is 22.8 Å². The predicted molar refractivity (Wildman–Crippen MR) is 137 cm³/mol. The highest BCUT2D eigenvalue weighted by atomic mass is 32.2. The van der Waals surface area contributed by atoms with E-state index in [0.29, 0.717) is 5.56 Å². The summed E-state index contributed by atoms with van der Waals surface area (Å²) in [5.74, 6) is -1.17. The molecule has 12 heteroatoms. The molecule has 190 valence electrons. The Balaban J connectivity index is 1.77. The van der Waals surface area contributed by atoms with Crippen LogP contribution in [0.4, 0.5) is 5.69 Å². The molecule has 1 aliphatic rings. The number of carbonyl (C=O) groups excluding carboxylic acids is 1. The van der Waals surface area contributed by atoms with E-state index in [0.717, 1.165) is 25.7 Å². The van der Waals surface area contributed by atoms with Gasteiger partial charge < -0.3 is 21.8 Å². The first-order valence-corrected chi connectivity index (χ1v) is 13.2. The van der Waals surface area contributed by atoms with Crippen molar-refractivity contribution in [1.82, 2.24) is 4.57 Å². The Hall–Kier alpha value is -3.77. The van der Waals surface area contributed by atoms with Gasteiger partial charge in [-0.2, -0.15) is 0 Å². The van der Waals surface area contributed by atoms with E-state index in [1.807, 2.05) is 0 Å². The van der Waals surface area contributed by atoms with Crippen molar-refractivity contribution in [2.75, 3.05) is 5.75 Å². The minimum absolute atomic E-state index is 0.0267. The van der Waals surface area contributed by atoms with Gasteiger partial charge in [-0.3, -0.25) is 19.9 Å². The number of hydrogen-bond donors (Lipinski definition) is 3. The Morgan fingerprint density at radius 1 is 1.08 bits per heavy atom. The van der Waals surface area contributed by atoms with Gasteiger partial charge >= 0.3 is 5.69 Å². The molecule has 11 nitrogen and oxygen atoms in total. The average Bonchev–Trinajstić information content (AvgIpc) is 3.19. The van der Waals surface area contributed by atoms with Gasteiger partial charge in [-0.25, -0.2) is 8.42 Å². The molecule has 1 amide bonds. The van der Waals surface area contributed by atoms with Crippen molar-refractivity contribution < 1.29 is 18.1 Å². The quantitative estimate of drug-likeness (QED) is 0.178. The second-order valence-corrected chi connectivity index (χ2v) is 11.0. The molecule has 4 rings (SSSR count). The Bertz CT molecular complexity index is 1440. The van der Waals surface area contributed by atoms with E-state index in [1.54, 1.807) is 30.3 Å². The molecule has 1 aliphatic carbocycles. The molecule has 0 radical (unpaired) electrons. The summed E-state index contributed by atoms with van der Waals surface area (Å²) in [7, 11) is -3.73. The average molecular weight is 513 g/mol. The number of fused-ring (bicyclic) bond motifs is 1. The van der Waals surface area contributed by atoms with Crippen LogP contribution >= 0.6 is 0 Å². The van der Waals surface area contributed by atoms with Crippen LogP contribution in [0, 0.1) is 10.1 Å². The number of hydrogen-bond acceptors (Lipinski definition) is 7. The second kappa shape index (κ2) is 10.1. The third kappa shape index (κ3) is 5.09. The van der Waals surface area contributed by atoms with E-state index in [4.69, 9.17) is 17.2 Å². The van der Waals surface area contributed by atoms with Crippen molar-refractivity contribution >= 4 is 38.2 Å². The zero-order valence-electron chi connectivity index (χ0n) is 19.5. The maximum Gasteiger partial charge on any atom is 0.307 e. The summed E-state index contributed by atoms with van der Waals surface area (Å²) >= 11 is 0. The van der Waals surface area contributed by atoms with Gasteiger partial charge in [0.2, 0.25) is 0 Å². The summed E-state index contributed by atoms with van der Waals surface area (Å²) < 4.78 is 27.0.